The van der Waals surface area contributed by atoms with E-state index in [1.165, 1.54) is 0 Å². The Labute approximate surface area is 146 Å². The summed E-state index contributed by atoms with van der Waals surface area (Å²) in [5.41, 5.74) is 1.83. The highest BCUT2D eigenvalue weighted by Crippen LogP contribution is 2.29. The average Bonchev–Trinajstić information content (AvgIpc) is 2.59. The molecule has 2 heterocycles. The van der Waals surface area contributed by atoms with Crippen LogP contribution in [-0.2, 0) is 9.59 Å². The van der Waals surface area contributed by atoms with Gasteiger partial charge in [0.25, 0.3) is 0 Å². The Morgan fingerprint density at radius 1 is 1.17 bits per heavy atom. The van der Waals surface area contributed by atoms with Gasteiger partial charge in [0.1, 0.15) is 12.4 Å². The van der Waals surface area contributed by atoms with Crippen molar-refractivity contribution in [1.82, 2.24) is 9.80 Å². The Morgan fingerprint density at radius 2 is 1.88 bits per heavy atom. The maximum atomic E-state index is 12.3. The van der Waals surface area contributed by atoms with E-state index in [0.29, 0.717) is 37.8 Å². The van der Waals surface area contributed by atoms with Crippen molar-refractivity contribution >= 4 is 29.5 Å². The van der Waals surface area contributed by atoms with Crippen molar-refractivity contribution in [2.75, 3.05) is 32.8 Å². The van der Waals surface area contributed by atoms with Crippen molar-refractivity contribution < 1.29 is 14.3 Å². The van der Waals surface area contributed by atoms with Gasteiger partial charge in [0.2, 0.25) is 11.8 Å². The van der Waals surface area contributed by atoms with E-state index in [4.69, 9.17) is 16.3 Å². The number of halogens is 1. The third-order valence-corrected chi connectivity index (χ3v) is 4.42. The van der Waals surface area contributed by atoms with Gasteiger partial charge in [0, 0.05) is 49.8 Å². The number of carbonyl (C=O) groups is 2. The highest BCUT2D eigenvalue weighted by atomic mass is 35.5. The molecular weight excluding hydrogens is 328 g/mol. The van der Waals surface area contributed by atoms with Crippen molar-refractivity contribution in [3.05, 3.63) is 46.5 Å². The molecule has 0 atom stereocenters. The standard InChI is InChI=1S/C18H19ClN2O3/c1-13(22)20-6-8-21(9-7-20)18(23)5-2-14-10-15-11-16(19)3-4-17(15)24-12-14/h2-5,10-11H,6-9,12H2,1H3. The van der Waals surface area contributed by atoms with Gasteiger partial charge in [-0.15, -0.1) is 0 Å². The number of nitrogens with zero attached hydrogens (tertiary/aromatic N) is 2. The number of hydrogen-bond acceptors (Lipinski definition) is 3. The van der Waals surface area contributed by atoms with Gasteiger partial charge in [-0.2, -0.15) is 0 Å². The first-order valence-electron chi connectivity index (χ1n) is 7.88. The molecule has 6 heteroatoms. The number of benzene rings is 1. The molecule has 5 nitrogen and oxygen atoms in total. The summed E-state index contributed by atoms with van der Waals surface area (Å²) < 4.78 is 5.66. The predicted molar refractivity (Wildman–Crippen MR) is 92.9 cm³/mol. The summed E-state index contributed by atoms with van der Waals surface area (Å²) in [7, 11) is 0. The lowest BCUT2D eigenvalue weighted by Gasteiger charge is -2.33. The zero-order valence-electron chi connectivity index (χ0n) is 13.5. The van der Waals surface area contributed by atoms with Crippen molar-refractivity contribution in [3.8, 4) is 5.75 Å². The van der Waals surface area contributed by atoms with Crippen LogP contribution in [0.2, 0.25) is 5.02 Å². The second-order valence-corrected chi connectivity index (χ2v) is 6.29. The molecule has 0 saturated carbocycles. The zero-order valence-corrected chi connectivity index (χ0v) is 14.3. The number of ether oxygens (including phenoxy) is 1. The smallest absolute Gasteiger partial charge is 0.246 e. The SMILES string of the molecule is CC(=O)N1CCN(C(=O)C=CC2=Cc3cc(Cl)ccc3OC2)CC1. The Kier molecular flexibility index (Phi) is 4.90. The maximum absolute atomic E-state index is 12.3. The number of piperazine rings is 1. The van der Waals surface area contributed by atoms with E-state index < -0.39 is 0 Å². The minimum Gasteiger partial charge on any atom is -0.488 e. The molecule has 0 aliphatic carbocycles. The monoisotopic (exact) mass is 346 g/mol. The molecule has 126 valence electrons. The Bertz CT molecular complexity index is 719. The molecule has 24 heavy (non-hydrogen) atoms. The molecule has 0 N–H and O–H groups in total. The van der Waals surface area contributed by atoms with Crippen LogP contribution in [0.25, 0.3) is 6.08 Å². The van der Waals surface area contributed by atoms with Crippen molar-refractivity contribution in [2.24, 2.45) is 0 Å². The molecule has 1 saturated heterocycles. The Hall–Kier alpha value is -2.27. The van der Waals surface area contributed by atoms with E-state index in [0.717, 1.165) is 16.9 Å². The molecule has 0 bridgehead atoms. The first-order chi connectivity index (χ1) is 11.5. The summed E-state index contributed by atoms with van der Waals surface area (Å²) in [6, 6.07) is 5.47. The van der Waals surface area contributed by atoms with Gasteiger partial charge in [-0.05, 0) is 29.8 Å². The highest BCUT2D eigenvalue weighted by Gasteiger charge is 2.21. The summed E-state index contributed by atoms with van der Waals surface area (Å²) in [6.45, 7) is 4.29. The number of rotatable bonds is 2. The molecule has 1 aromatic rings. The van der Waals surface area contributed by atoms with Crippen molar-refractivity contribution in [1.29, 1.82) is 0 Å². The molecule has 1 aromatic carbocycles. The van der Waals surface area contributed by atoms with Gasteiger partial charge in [-0.1, -0.05) is 17.7 Å². The fraction of sp³-hybridized carbons (Fsp3) is 0.333. The minimum atomic E-state index is -0.0454. The number of carbonyl (C=O) groups excluding carboxylic acids is 2. The second kappa shape index (κ2) is 7.09. The lowest BCUT2D eigenvalue weighted by atomic mass is 10.1. The fourth-order valence-electron chi connectivity index (χ4n) is 2.79. The van der Waals surface area contributed by atoms with Crippen molar-refractivity contribution in [3.63, 3.8) is 0 Å². The lowest BCUT2D eigenvalue weighted by molar-refractivity contribution is -0.135. The summed E-state index contributed by atoms with van der Waals surface area (Å²) in [6.07, 6.45) is 5.32. The molecule has 3 rings (SSSR count). The molecule has 2 amide bonds. The molecule has 0 spiro atoms. The van der Waals surface area contributed by atoms with Crippen LogP contribution in [0.4, 0.5) is 0 Å². The van der Waals surface area contributed by atoms with Crippen LogP contribution in [0.15, 0.2) is 35.9 Å². The largest absolute Gasteiger partial charge is 0.488 e. The molecule has 0 unspecified atom stereocenters. The lowest BCUT2D eigenvalue weighted by Crippen LogP contribution is -2.49. The number of amides is 2. The van der Waals surface area contributed by atoms with Gasteiger partial charge < -0.3 is 14.5 Å². The summed E-state index contributed by atoms with van der Waals surface area (Å²) >= 11 is 6.00. The van der Waals surface area contributed by atoms with Gasteiger partial charge in [-0.3, -0.25) is 9.59 Å². The van der Waals surface area contributed by atoms with Gasteiger partial charge in [0.05, 0.1) is 0 Å². The normalized spacial score (nSPS) is 17.3. The van der Waals surface area contributed by atoms with E-state index in [1.54, 1.807) is 34.9 Å². The van der Waals surface area contributed by atoms with Crippen LogP contribution in [0.3, 0.4) is 0 Å². The van der Waals surface area contributed by atoms with Crippen LogP contribution >= 0.6 is 11.6 Å². The maximum Gasteiger partial charge on any atom is 0.246 e. The van der Waals surface area contributed by atoms with Gasteiger partial charge in [0.15, 0.2) is 0 Å². The van der Waals surface area contributed by atoms with E-state index in [9.17, 15) is 9.59 Å². The van der Waals surface area contributed by atoms with Crippen molar-refractivity contribution in [2.45, 2.75) is 6.92 Å². The first kappa shape index (κ1) is 16.6. The van der Waals surface area contributed by atoms with Crippen LogP contribution in [-0.4, -0.2) is 54.4 Å². The zero-order chi connectivity index (χ0) is 17.1. The van der Waals surface area contributed by atoms with E-state index in [1.807, 2.05) is 18.2 Å². The Morgan fingerprint density at radius 3 is 2.58 bits per heavy atom. The Balaban J connectivity index is 1.62. The van der Waals surface area contributed by atoms with Gasteiger partial charge in [-0.25, -0.2) is 0 Å². The minimum absolute atomic E-state index is 0.0454. The molecule has 2 aliphatic heterocycles. The second-order valence-electron chi connectivity index (χ2n) is 5.85. The summed E-state index contributed by atoms with van der Waals surface area (Å²) in [5, 5.41) is 0.651. The third-order valence-electron chi connectivity index (χ3n) is 4.18. The number of fused-ring (bicyclic) bond motifs is 1. The van der Waals surface area contributed by atoms with E-state index >= 15 is 0 Å². The van der Waals surface area contributed by atoms with Crippen LogP contribution < -0.4 is 4.74 Å². The van der Waals surface area contributed by atoms with E-state index in [2.05, 4.69) is 0 Å². The summed E-state index contributed by atoms with van der Waals surface area (Å²) in [4.78, 5) is 27.1. The molecule has 1 fully saturated rings. The molecule has 0 radical (unpaired) electrons. The average molecular weight is 347 g/mol. The fourth-order valence-corrected chi connectivity index (χ4v) is 2.97. The summed E-state index contributed by atoms with van der Waals surface area (Å²) in [5.74, 6) is 0.804. The molecule has 0 aromatic heterocycles. The van der Waals surface area contributed by atoms with Gasteiger partial charge >= 0.3 is 0 Å². The van der Waals surface area contributed by atoms with Crippen LogP contribution in [0.5, 0.6) is 5.75 Å². The molecular formula is C18H19ClN2O3. The highest BCUT2D eigenvalue weighted by molar-refractivity contribution is 6.30. The van der Waals surface area contributed by atoms with E-state index in [-0.39, 0.29) is 11.8 Å². The van der Waals surface area contributed by atoms with Crippen LogP contribution in [0, 0.1) is 0 Å². The first-order valence-corrected chi connectivity index (χ1v) is 8.26. The molecule has 2 aliphatic rings. The topological polar surface area (TPSA) is 49.9 Å². The van der Waals surface area contributed by atoms with Crippen LogP contribution in [0.1, 0.15) is 12.5 Å². The predicted octanol–water partition coefficient (Wildman–Crippen LogP) is 2.36. The number of hydrogen-bond donors (Lipinski definition) is 0. The quantitative estimate of drug-likeness (QED) is 0.772. The third kappa shape index (κ3) is 3.79.